The topological polar surface area (TPSA) is 134 Å². The summed E-state index contributed by atoms with van der Waals surface area (Å²) in [7, 11) is 0. The van der Waals surface area contributed by atoms with Crippen LogP contribution in [0.2, 0.25) is 0 Å². The summed E-state index contributed by atoms with van der Waals surface area (Å²) >= 11 is 0. The molecule has 0 aromatic carbocycles. The third-order valence-corrected chi connectivity index (χ3v) is 3.44. The number of hydrogen-bond donors (Lipinski definition) is 6. The van der Waals surface area contributed by atoms with Crippen molar-refractivity contribution in [1.29, 1.82) is 0 Å². The van der Waals surface area contributed by atoms with Gasteiger partial charge in [-0.1, -0.05) is 0 Å². The fourth-order valence-corrected chi connectivity index (χ4v) is 2.29. The quantitative estimate of drug-likeness (QED) is 0.282. The average Bonchev–Trinajstić information content (AvgIpc) is 2.95. The van der Waals surface area contributed by atoms with Gasteiger partial charge in [-0.2, -0.15) is 0 Å². The van der Waals surface area contributed by atoms with Crippen molar-refractivity contribution in [3.8, 4) is 0 Å². The second kappa shape index (κ2) is 3.61. The first kappa shape index (κ1) is 12.2. The molecule has 6 unspecified atom stereocenters. The third-order valence-electron chi connectivity index (χ3n) is 3.44. The van der Waals surface area contributed by atoms with Crippen molar-refractivity contribution in [2.24, 2.45) is 0 Å². The molecule has 94 valence electrons. The molecule has 2 fully saturated rings. The minimum Gasteiger partial charge on any atom is -0.396 e. The maximum atomic E-state index is 10.1. The Balaban J connectivity index is 2.19. The lowest BCUT2D eigenvalue weighted by atomic mass is 9.74. The highest BCUT2D eigenvalue weighted by molar-refractivity contribution is 5.18. The molecular weight excluding hydrogens is 220 g/mol. The van der Waals surface area contributed by atoms with Crippen LogP contribution >= 0.6 is 0 Å². The highest BCUT2D eigenvalue weighted by atomic mass is 16.8. The summed E-state index contributed by atoms with van der Waals surface area (Å²) in [6, 6.07) is 0. The summed E-state index contributed by atoms with van der Waals surface area (Å²) in [5.41, 5.74) is -1.98. The maximum absolute atomic E-state index is 10.1. The van der Waals surface area contributed by atoms with Crippen molar-refractivity contribution in [3.63, 3.8) is 0 Å². The molecular formula is C9H16O7. The molecule has 0 radical (unpaired) electrons. The van der Waals surface area contributed by atoms with E-state index in [1.807, 2.05) is 0 Å². The normalized spacial score (nSPS) is 55.9. The van der Waals surface area contributed by atoms with Gasteiger partial charge < -0.3 is 35.4 Å². The molecule has 7 nitrogen and oxygen atoms in total. The van der Waals surface area contributed by atoms with E-state index in [-0.39, 0.29) is 19.4 Å². The predicted octanol–water partition coefficient (Wildman–Crippen LogP) is -3.33. The highest BCUT2D eigenvalue weighted by Crippen LogP contribution is 2.50. The SMILES string of the molecule is OCCCC1(O)C(O)C(O)C2(O)OC2C1O. The zero-order valence-corrected chi connectivity index (χ0v) is 8.52. The molecule has 0 amide bonds. The first-order chi connectivity index (χ1) is 7.38. The Morgan fingerprint density at radius 2 is 1.62 bits per heavy atom. The van der Waals surface area contributed by atoms with Crippen LogP contribution in [-0.4, -0.2) is 73.1 Å². The molecule has 0 aromatic heterocycles. The van der Waals surface area contributed by atoms with Gasteiger partial charge in [-0.25, -0.2) is 0 Å². The Bertz CT molecular complexity index is 285. The molecule has 6 atom stereocenters. The molecule has 2 rings (SSSR count). The Morgan fingerprint density at radius 3 is 2.19 bits per heavy atom. The fraction of sp³-hybridized carbons (Fsp3) is 1.00. The molecule has 0 bridgehead atoms. The molecule has 2 aliphatic rings. The van der Waals surface area contributed by atoms with Gasteiger partial charge in [0, 0.05) is 6.61 Å². The second-order valence-electron chi connectivity index (χ2n) is 4.44. The number of epoxide rings is 1. The summed E-state index contributed by atoms with van der Waals surface area (Å²) in [5, 5.41) is 57.2. The van der Waals surface area contributed by atoms with Crippen molar-refractivity contribution in [3.05, 3.63) is 0 Å². The highest BCUT2D eigenvalue weighted by Gasteiger charge is 2.75. The van der Waals surface area contributed by atoms with Crippen molar-refractivity contribution >= 4 is 0 Å². The van der Waals surface area contributed by atoms with Crippen molar-refractivity contribution < 1.29 is 35.4 Å². The van der Waals surface area contributed by atoms with Crippen LogP contribution in [0.5, 0.6) is 0 Å². The standard InChI is InChI=1S/C9H16O7/c10-3-1-2-8(14)4(11)5(12)9(15)7(16-9)6(8)13/h4-7,10-15H,1-3H2. The minimum atomic E-state index is -1.98. The second-order valence-corrected chi connectivity index (χ2v) is 4.44. The summed E-state index contributed by atoms with van der Waals surface area (Å²) in [5.74, 6) is -1.97. The molecule has 1 aliphatic heterocycles. The van der Waals surface area contributed by atoms with E-state index >= 15 is 0 Å². The number of hydrogen-bond acceptors (Lipinski definition) is 7. The molecule has 6 N–H and O–H groups in total. The van der Waals surface area contributed by atoms with Gasteiger partial charge in [-0.05, 0) is 12.8 Å². The number of aliphatic hydroxyl groups is 6. The first-order valence-corrected chi connectivity index (χ1v) is 5.15. The van der Waals surface area contributed by atoms with Gasteiger partial charge in [0.25, 0.3) is 0 Å². The van der Waals surface area contributed by atoms with E-state index < -0.39 is 35.8 Å². The summed E-state index contributed by atoms with van der Waals surface area (Å²) in [6.07, 6.45) is -5.94. The van der Waals surface area contributed by atoms with E-state index in [1.165, 1.54) is 0 Å². The third kappa shape index (κ3) is 1.41. The lowest BCUT2D eigenvalue weighted by molar-refractivity contribution is -0.230. The Morgan fingerprint density at radius 1 is 1.00 bits per heavy atom. The molecule has 0 spiro atoms. The zero-order valence-electron chi connectivity index (χ0n) is 8.52. The van der Waals surface area contributed by atoms with Gasteiger partial charge in [-0.3, -0.25) is 0 Å². The van der Waals surface area contributed by atoms with Crippen LogP contribution in [-0.2, 0) is 4.74 Å². The van der Waals surface area contributed by atoms with Crippen molar-refractivity contribution in [2.45, 2.75) is 48.6 Å². The molecule has 16 heavy (non-hydrogen) atoms. The van der Waals surface area contributed by atoms with Gasteiger partial charge in [0.15, 0.2) is 0 Å². The van der Waals surface area contributed by atoms with Crippen LogP contribution < -0.4 is 0 Å². The molecule has 1 saturated heterocycles. The smallest absolute Gasteiger partial charge is 0.225 e. The van der Waals surface area contributed by atoms with Gasteiger partial charge >= 0.3 is 0 Å². The molecule has 1 saturated carbocycles. The summed E-state index contributed by atoms with van der Waals surface area (Å²) in [4.78, 5) is 0. The van der Waals surface area contributed by atoms with Crippen LogP contribution in [0.15, 0.2) is 0 Å². The van der Waals surface area contributed by atoms with E-state index in [0.717, 1.165) is 0 Å². The molecule has 0 aromatic rings. The minimum absolute atomic E-state index is 0.0984. The largest absolute Gasteiger partial charge is 0.396 e. The average molecular weight is 236 g/mol. The van der Waals surface area contributed by atoms with E-state index in [2.05, 4.69) is 0 Å². The Hall–Kier alpha value is -0.280. The summed E-state index contributed by atoms with van der Waals surface area (Å²) < 4.78 is 4.71. The van der Waals surface area contributed by atoms with Crippen LogP contribution in [0, 0.1) is 0 Å². The number of fused-ring (bicyclic) bond motifs is 1. The van der Waals surface area contributed by atoms with Crippen molar-refractivity contribution in [1.82, 2.24) is 0 Å². The van der Waals surface area contributed by atoms with E-state index in [4.69, 9.17) is 9.84 Å². The van der Waals surface area contributed by atoms with E-state index in [9.17, 15) is 25.5 Å². The first-order valence-electron chi connectivity index (χ1n) is 5.15. The maximum Gasteiger partial charge on any atom is 0.225 e. The predicted molar refractivity (Wildman–Crippen MR) is 49.1 cm³/mol. The van der Waals surface area contributed by atoms with E-state index in [1.54, 1.807) is 0 Å². The molecule has 1 heterocycles. The van der Waals surface area contributed by atoms with Gasteiger partial charge in [0.2, 0.25) is 5.79 Å². The van der Waals surface area contributed by atoms with Gasteiger partial charge in [0.1, 0.15) is 30.0 Å². The zero-order chi connectivity index (χ0) is 12.1. The lowest BCUT2D eigenvalue weighted by Gasteiger charge is -2.42. The lowest BCUT2D eigenvalue weighted by Crippen LogP contribution is -2.66. The van der Waals surface area contributed by atoms with Crippen LogP contribution in [0.3, 0.4) is 0 Å². The fourth-order valence-electron chi connectivity index (χ4n) is 2.29. The van der Waals surface area contributed by atoms with Gasteiger partial charge in [-0.15, -0.1) is 0 Å². The monoisotopic (exact) mass is 236 g/mol. The molecule has 1 aliphatic carbocycles. The number of ether oxygens (including phenoxy) is 1. The van der Waals surface area contributed by atoms with E-state index in [0.29, 0.717) is 0 Å². The summed E-state index contributed by atoms with van der Waals surface area (Å²) in [6.45, 7) is -0.215. The van der Waals surface area contributed by atoms with Crippen molar-refractivity contribution in [2.75, 3.05) is 6.61 Å². The number of rotatable bonds is 3. The Kier molecular flexibility index (Phi) is 2.75. The van der Waals surface area contributed by atoms with Crippen LogP contribution in [0.1, 0.15) is 12.8 Å². The molecule has 7 heteroatoms. The van der Waals surface area contributed by atoms with Crippen LogP contribution in [0.25, 0.3) is 0 Å². The Labute approximate surface area is 91.5 Å². The number of aliphatic hydroxyl groups excluding tert-OH is 4. The van der Waals surface area contributed by atoms with Crippen LogP contribution in [0.4, 0.5) is 0 Å². The van der Waals surface area contributed by atoms with Gasteiger partial charge in [0.05, 0.1) is 0 Å².